The summed E-state index contributed by atoms with van der Waals surface area (Å²) in [5.41, 5.74) is 1.79. The van der Waals surface area contributed by atoms with Gasteiger partial charge in [0.15, 0.2) is 11.5 Å². The fourth-order valence-electron chi connectivity index (χ4n) is 6.62. The number of nitrogens with one attached hydrogen (secondary N) is 1. The minimum absolute atomic E-state index is 0.00762. The number of nitrogens with zero attached hydrogens (tertiary/aromatic N) is 1. The van der Waals surface area contributed by atoms with Crippen molar-refractivity contribution in [2.75, 3.05) is 6.54 Å². The van der Waals surface area contributed by atoms with Gasteiger partial charge in [-0.15, -0.1) is 0 Å². The molecule has 4 aliphatic rings. The number of benzene rings is 1. The highest BCUT2D eigenvalue weighted by molar-refractivity contribution is 5.81. The summed E-state index contributed by atoms with van der Waals surface area (Å²) in [7, 11) is 0. The molecule has 2 bridgehead atoms. The molecule has 5 rings (SSSR count). The molecule has 1 spiro atoms. The van der Waals surface area contributed by atoms with E-state index in [2.05, 4.69) is 5.32 Å². The molecule has 0 radical (unpaired) electrons. The van der Waals surface area contributed by atoms with Gasteiger partial charge in [-0.05, 0) is 43.2 Å². The number of amides is 2. The Balaban J connectivity index is 1.56. The van der Waals surface area contributed by atoms with E-state index in [1.165, 1.54) is 6.92 Å². The minimum atomic E-state index is -0.967. The second-order valence-electron chi connectivity index (χ2n) is 9.02. The van der Waals surface area contributed by atoms with Crippen LogP contribution in [0.5, 0.6) is 11.5 Å². The van der Waals surface area contributed by atoms with Crippen LogP contribution in [0.2, 0.25) is 0 Å². The Labute approximate surface area is 174 Å². The Bertz CT molecular complexity index is 946. The fraction of sp³-hybridized carbons (Fsp3) is 0.591. The van der Waals surface area contributed by atoms with Gasteiger partial charge in [0.25, 0.3) is 0 Å². The lowest BCUT2D eigenvalue weighted by Crippen LogP contribution is -2.69. The number of piperidine rings is 1. The van der Waals surface area contributed by atoms with Crippen LogP contribution in [0.1, 0.15) is 50.2 Å². The Hall–Kier alpha value is -2.77. The van der Waals surface area contributed by atoms with Gasteiger partial charge < -0.3 is 25.2 Å². The van der Waals surface area contributed by atoms with Crippen LogP contribution < -0.4 is 10.1 Å². The van der Waals surface area contributed by atoms with E-state index < -0.39 is 5.97 Å². The van der Waals surface area contributed by atoms with Gasteiger partial charge in [0.05, 0.1) is 12.5 Å². The maximum Gasteiger partial charge on any atom is 0.303 e. The molecule has 2 aliphatic carbocycles. The van der Waals surface area contributed by atoms with E-state index in [1.807, 2.05) is 11.0 Å². The molecule has 2 amide bonds. The molecule has 2 heterocycles. The molecule has 160 valence electrons. The van der Waals surface area contributed by atoms with Crippen molar-refractivity contribution in [2.45, 2.75) is 69.1 Å². The highest BCUT2D eigenvalue weighted by Crippen LogP contribution is 2.63. The number of rotatable bonds is 4. The fourth-order valence-corrected chi connectivity index (χ4v) is 6.62. The van der Waals surface area contributed by atoms with Crippen LogP contribution in [-0.4, -0.2) is 57.6 Å². The number of likely N-dealkylation sites (tertiary alicyclic amines) is 1. The van der Waals surface area contributed by atoms with Crippen LogP contribution >= 0.6 is 0 Å². The van der Waals surface area contributed by atoms with Crippen LogP contribution in [0.4, 0.5) is 0 Å². The minimum Gasteiger partial charge on any atom is -0.504 e. The van der Waals surface area contributed by atoms with Crippen molar-refractivity contribution >= 4 is 17.8 Å². The van der Waals surface area contributed by atoms with Crippen molar-refractivity contribution in [1.82, 2.24) is 10.2 Å². The van der Waals surface area contributed by atoms with Gasteiger partial charge in [0.1, 0.15) is 6.10 Å². The summed E-state index contributed by atoms with van der Waals surface area (Å²) >= 11 is 0. The molecule has 30 heavy (non-hydrogen) atoms. The van der Waals surface area contributed by atoms with Crippen molar-refractivity contribution in [3.8, 4) is 11.5 Å². The monoisotopic (exact) mass is 414 g/mol. The molecule has 1 saturated carbocycles. The summed E-state index contributed by atoms with van der Waals surface area (Å²) in [6, 6.07) is 3.39. The van der Waals surface area contributed by atoms with Crippen LogP contribution in [-0.2, 0) is 26.2 Å². The highest BCUT2D eigenvalue weighted by Gasteiger charge is 2.66. The average molecular weight is 414 g/mol. The predicted octanol–water partition coefficient (Wildman–Crippen LogP) is 1.33. The topological polar surface area (TPSA) is 116 Å². The van der Waals surface area contributed by atoms with E-state index >= 15 is 0 Å². The lowest BCUT2D eigenvalue weighted by Gasteiger charge is -2.59. The maximum absolute atomic E-state index is 12.9. The molecule has 5 atom stereocenters. The van der Waals surface area contributed by atoms with Gasteiger partial charge in [-0.3, -0.25) is 14.4 Å². The number of phenols is 1. The number of carboxylic acids is 1. The zero-order valence-electron chi connectivity index (χ0n) is 16.9. The first kappa shape index (κ1) is 19.2. The molecule has 2 aliphatic heterocycles. The van der Waals surface area contributed by atoms with E-state index in [0.717, 1.165) is 24.0 Å². The molecule has 3 unspecified atom stereocenters. The average Bonchev–Trinajstić information content (AvgIpc) is 3.04. The Kier molecular flexibility index (Phi) is 4.24. The number of aliphatic carboxylic acids is 1. The van der Waals surface area contributed by atoms with Crippen molar-refractivity contribution in [3.63, 3.8) is 0 Å². The molecule has 0 aromatic heterocycles. The molecular weight excluding hydrogens is 388 g/mol. The SMILES string of the molecule is CC(=O)N[C@H]1CCC2C3Cc4ccc(O)c5c4C2(CCN3C(=O)CCC(=O)O)[C@H]1O5. The summed E-state index contributed by atoms with van der Waals surface area (Å²) in [5.74, 6) is -0.372. The van der Waals surface area contributed by atoms with Crippen LogP contribution in [0, 0.1) is 5.92 Å². The zero-order chi connectivity index (χ0) is 21.2. The van der Waals surface area contributed by atoms with E-state index in [-0.39, 0.29) is 59.9 Å². The molecule has 8 nitrogen and oxygen atoms in total. The summed E-state index contributed by atoms with van der Waals surface area (Å²) in [4.78, 5) is 37.5. The van der Waals surface area contributed by atoms with Gasteiger partial charge in [-0.1, -0.05) is 6.07 Å². The van der Waals surface area contributed by atoms with Gasteiger partial charge >= 0.3 is 5.97 Å². The third kappa shape index (κ3) is 2.55. The number of carbonyl (C=O) groups is 3. The van der Waals surface area contributed by atoms with E-state index in [4.69, 9.17) is 9.84 Å². The highest BCUT2D eigenvalue weighted by atomic mass is 16.5. The van der Waals surface area contributed by atoms with Gasteiger partial charge in [0, 0.05) is 36.9 Å². The largest absolute Gasteiger partial charge is 0.504 e. The molecule has 1 aromatic carbocycles. The summed E-state index contributed by atoms with van der Waals surface area (Å²) < 4.78 is 6.35. The number of ether oxygens (including phenoxy) is 1. The quantitative estimate of drug-likeness (QED) is 0.685. The van der Waals surface area contributed by atoms with Crippen LogP contribution in [0.3, 0.4) is 0 Å². The number of carboxylic acid groups (broad SMARTS) is 1. The maximum atomic E-state index is 12.9. The van der Waals surface area contributed by atoms with E-state index in [0.29, 0.717) is 25.1 Å². The molecule has 1 saturated heterocycles. The van der Waals surface area contributed by atoms with Gasteiger partial charge in [-0.25, -0.2) is 0 Å². The Morgan fingerprint density at radius 2 is 2.07 bits per heavy atom. The third-order valence-electron chi connectivity index (χ3n) is 7.58. The van der Waals surface area contributed by atoms with Gasteiger partial charge in [-0.2, -0.15) is 0 Å². The summed E-state index contributed by atoms with van der Waals surface area (Å²) in [6.07, 6.45) is 2.50. The second kappa shape index (κ2) is 6.62. The lowest BCUT2D eigenvalue weighted by molar-refractivity contribution is -0.147. The molecule has 8 heteroatoms. The zero-order valence-corrected chi connectivity index (χ0v) is 16.9. The Morgan fingerprint density at radius 1 is 1.27 bits per heavy atom. The number of hydrogen-bond acceptors (Lipinski definition) is 5. The first-order valence-electron chi connectivity index (χ1n) is 10.6. The molecular formula is C22H26N2O6. The smallest absolute Gasteiger partial charge is 0.303 e. The van der Waals surface area contributed by atoms with Crippen molar-refractivity contribution in [2.24, 2.45) is 5.92 Å². The summed E-state index contributed by atoms with van der Waals surface area (Å²) in [5, 5.41) is 22.5. The number of phenolic OH excluding ortho intramolecular Hbond substituents is 1. The first-order chi connectivity index (χ1) is 14.3. The molecule has 1 aromatic rings. The van der Waals surface area contributed by atoms with Gasteiger partial charge in [0.2, 0.25) is 11.8 Å². The molecule has 2 fully saturated rings. The summed E-state index contributed by atoms with van der Waals surface area (Å²) in [6.45, 7) is 2.03. The van der Waals surface area contributed by atoms with Crippen LogP contribution in [0.25, 0.3) is 0 Å². The second-order valence-corrected chi connectivity index (χ2v) is 9.02. The van der Waals surface area contributed by atoms with E-state index in [9.17, 15) is 19.5 Å². The molecule has 3 N–H and O–H groups in total. The normalized spacial score (nSPS) is 32.8. The van der Waals surface area contributed by atoms with Crippen molar-refractivity contribution in [3.05, 3.63) is 23.3 Å². The van der Waals surface area contributed by atoms with Crippen molar-refractivity contribution < 1.29 is 29.3 Å². The number of hydrogen-bond donors (Lipinski definition) is 3. The third-order valence-corrected chi connectivity index (χ3v) is 7.58. The number of carbonyl (C=O) groups excluding carboxylic acids is 2. The first-order valence-corrected chi connectivity index (χ1v) is 10.6. The van der Waals surface area contributed by atoms with E-state index in [1.54, 1.807) is 6.07 Å². The lowest BCUT2D eigenvalue weighted by atomic mass is 9.51. The van der Waals surface area contributed by atoms with Crippen molar-refractivity contribution in [1.29, 1.82) is 0 Å². The predicted molar refractivity (Wildman–Crippen MR) is 105 cm³/mol. The standard InChI is InChI=1S/C22H26N2O6/c1-11(25)23-14-4-3-13-15-10-12-2-5-16(26)20-19(12)22(13,21(14)30-20)8-9-24(15)17(27)6-7-18(28)29/h2,5,13-15,21,26H,3-4,6-10H2,1H3,(H,23,25)(H,28,29)/t13?,14-,15?,21-,22?/m0/s1. The number of aromatic hydroxyl groups is 1. The Morgan fingerprint density at radius 3 is 2.80 bits per heavy atom. The van der Waals surface area contributed by atoms with Crippen LogP contribution in [0.15, 0.2) is 12.1 Å².